The molecule has 0 fully saturated rings. The van der Waals surface area contributed by atoms with Gasteiger partial charge in [-0.1, -0.05) is 12.2 Å². The third kappa shape index (κ3) is 3.93. The predicted octanol–water partition coefficient (Wildman–Crippen LogP) is 2.38. The molecule has 0 heterocycles. The van der Waals surface area contributed by atoms with Gasteiger partial charge >= 0.3 is 6.18 Å². The molecule has 0 aromatic heterocycles. The van der Waals surface area contributed by atoms with Gasteiger partial charge in [-0.05, 0) is 30.7 Å². The van der Waals surface area contributed by atoms with Crippen molar-refractivity contribution < 1.29 is 18.0 Å². The summed E-state index contributed by atoms with van der Waals surface area (Å²) < 4.78 is 38.0. The van der Waals surface area contributed by atoms with Gasteiger partial charge in [0, 0.05) is 5.69 Å². The van der Waals surface area contributed by atoms with Gasteiger partial charge in [0.25, 0.3) is 0 Å². The molecule has 0 aliphatic rings. The number of rotatable bonds is 3. The Hall–Kier alpha value is -2.14. The van der Waals surface area contributed by atoms with Gasteiger partial charge in [0.15, 0.2) is 5.92 Å². The lowest BCUT2D eigenvalue weighted by molar-refractivity contribution is -0.137. The first-order chi connectivity index (χ1) is 9.15. The number of aryl methyl sites for hydroxylation is 1. The zero-order valence-corrected chi connectivity index (χ0v) is 11.1. The average molecular weight is 301 g/mol. The summed E-state index contributed by atoms with van der Waals surface area (Å²) in [4.78, 5) is 10.7. The lowest BCUT2D eigenvalue weighted by atomic mass is 10.1. The van der Waals surface area contributed by atoms with Crippen LogP contribution in [-0.2, 0) is 11.0 Å². The van der Waals surface area contributed by atoms with Crippen molar-refractivity contribution in [1.29, 1.82) is 5.26 Å². The molecule has 1 aromatic rings. The summed E-state index contributed by atoms with van der Waals surface area (Å²) in [6, 6.07) is 4.81. The van der Waals surface area contributed by atoms with E-state index < -0.39 is 23.6 Å². The van der Waals surface area contributed by atoms with Crippen LogP contribution in [0.5, 0.6) is 0 Å². The van der Waals surface area contributed by atoms with Crippen molar-refractivity contribution in [1.82, 2.24) is 0 Å². The number of nitrogens with two attached hydrogens (primary N) is 1. The molecule has 0 radical (unpaired) electrons. The van der Waals surface area contributed by atoms with Crippen LogP contribution in [0.25, 0.3) is 0 Å². The molecule has 0 spiro atoms. The number of hydrogen-bond donors (Lipinski definition) is 2. The largest absolute Gasteiger partial charge is 0.416 e. The number of hydrogen-bond acceptors (Lipinski definition) is 3. The molecule has 0 aliphatic heterocycles. The van der Waals surface area contributed by atoms with Crippen LogP contribution in [0.3, 0.4) is 0 Å². The van der Waals surface area contributed by atoms with Crippen molar-refractivity contribution in [2.45, 2.75) is 13.1 Å². The van der Waals surface area contributed by atoms with Gasteiger partial charge in [0.05, 0.1) is 11.6 Å². The first-order valence-electron chi connectivity index (χ1n) is 5.34. The number of nitriles is 1. The zero-order valence-electron chi connectivity index (χ0n) is 10.3. The Bertz CT molecular complexity index is 593. The van der Waals surface area contributed by atoms with E-state index in [4.69, 9.17) is 23.2 Å². The average Bonchev–Trinajstić information content (AvgIpc) is 2.26. The molecule has 1 rings (SSSR count). The van der Waals surface area contributed by atoms with E-state index in [1.54, 1.807) is 6.07 Å². The topological polar surface area (TPSA) is 78.9 Å². The molecule has 0 aliphatic carbocycles. The predicted molar refractivity (Wildman–Crippen MR) is 70.7 cm³/mol. The van der Waals surface area contributed by atoms with Crippen LogP contribution in [0, 0.1) is 24.2 Å². The fourth-order valence-electron chi connectivity index (χ4n) is 1.48. The quantitative estimate of drug-likeness (QED) is 0.840. The van der Waals surface area contributed by atoms with E-state index in [1.807, 2.05) is 0 Å². The van der Waals surface area contributed by atoms with Gasteiger partial charge in [-0.2, -0.15) is 18.4 Å². The van der Waals surface area contributed by atoms with Gasteiger partial charge in [-0.3, -0.25) is 4.79 Å². The highest BCUT2D eigenvalue weighted by molar-refractivity contribution is 7.80. The van der Waals surface area contributed by atoms with Crippen molar-refractivity contribution in [2.24, 2.45) is 11.7 Å². The molecule has 1 aromatic carbocycles. The summed E-state index contributed by atoms with van der Waals surface area (Å²) in [5, 5.41) is 11.2. The fourth-order valence-corrected chi connectivity index (χ4v) is 1.77. The smallest absolute Gasteiger partial charge is 0.368 e. The maximum absolute atomic E-state index is 12.7. The van der Waals surface area contributed by atoms with E-state index in [0.717, 1.165) is 12.1 Å². The van der Waals surface area contributed by atoms with Gasteiger partial charge < -0.3 is 11.1 Å². The summed E-state index contributed by atoms with van der Waals surface area (Å²) in [6.45, 7) is 1.49. The number of halogens is 3. The fraction of sp³-hybridized carbons (Fsp3) is 0.250. The highest BCUT2D eigenvalue weighted by Crippen LogP contribution is 2.32. The lowest BCUT2D eigenvalue weighted by Crippen LogP contribution is -2.32. The van der Waals surface area contributed by atoms with Crippen molar-refractivity contribution in [3.63, 3.8) is 0 Å². The summed E-state index contributed by atoms with van der Waals surface area (Å²) in [5.41, 5.74) is 4.51. The number of nitrogens with one attached hydrogen (secondary N) is 1. The zero-order chi connectivity index (χ0) is 15.5. The van der Waals surface area contributed by atoms with E-state index in [9.17, 15) is 18.0 Å². The van der Waals surface area contributed by atoms with Crippen LogP contribution in [0.1, 0.15) is 11.1 Å². The summed E-state index contributed by atoms with van der Waals surface area (Å²) >= 11 is 4.80. The van der Waals surface area contributed by atoms with E-state index in [2.05, 4.69) is 5.32 Å². The molecule has 4 nitrogen and oxygen atoms in total. The number of carbonyl (C=O) groups is 1. The number of primary amides is 1. The SMILES string of the molecule is Cc1cc(NC(=S)C(C#N)C(N)=O)cc(C(F)(F)F)c1. The highest BCUT2D eigenvalue weighted by atomic mass is 32.1. The van der Waals surface area contributed by atoms with E-state index >= 15 is 0 Å². The molecule has 8 heteroatoms. The molecule has 1 amide bonds. The monoisotopic (exact) mass is 301 g/mol. The molecule has 0 bridgehead atoms. The van der Waals surface area contributed by atoms with Crippen LogP contribution in [0.15, 0.2) is 18.2 Å². The minimum absolute atomic E-state index is 0.0452. The number of nitrogens with zero attached hydrogens (tertiary/aromatic N) is 1. The maximum Gasteiger partial charge on any atom is 0.416 e. The number of anilines is 1. The molecule has 0 saturated heterocycles. The summed E-state index contributed by atoms with van der Waals surface area (Å²) in [5.74, 6) is -2.35. The molecule has 0 saturated carbocycles. The number of carbonyl (C=O) groups excluding carboxylic acids is 1. The second-order valence-corrected chi connectivity index (χ2v) is 4.48. The molecule has 3 N–H and O–H groups in total. The Morgan fingerprint density at radius 2 is 2.05 bits per heavy atom. The lowest BCUT2D eigenvalue weighted by Gasteiger charge is -2.14. The van der Waals surface area contributed by atoms with Crippen LogP contribution in [-0.4, -0.2) is 10.9 Å². The molecule has 1 atom stereocenters. The molecular weight excluding hydrogens is 291 g/mol. The molecule has 106 valence electrons. The molecular formula is C12H10F3N3OS. The number of benzene rings is 1. The Labute approximate surface area is 118 Å². The van der Waals surface area contributed by atoms with Gasteiger partial charge in [0.2, 0.25) is 5.91 Å². The van der Waals surface area contributed by atoms with Crippen molar-refractivity contribution >= 4 is 28.8 Å². The Balaban J connectivity index is 3.05. The Kier molecular flexibility index (Phi) is 4.68. The van der Waals surface area contributed by atoms with Gasteiger partial charge in [-0.25, -0.2) is 0 Å². The van der Waals surface area contributed by atoms with E-state index in [-0.39, 0.29) is 10.7 Å². The van der Waals surface area contributed by atoms with Crippen molar-refractivity contribution in [3.8, 4) is 6.07 Å². The number of thiocarbonyl (C=S) groups is 1. The minimum atomic E-state index is -4.50. The molecule has 1 unspecified atom stereocenters. The standard InChI is InChI=1S/C12H10F3N3OS/c1-6-2-7(12(13,14)15)4-8(3-6)18-11(20)9(5-16)10(17)19/h2-4,9H,1H3,(H2,17,19)(H,18,20). The minimum Gasteiger partial charge on any atom is -0.368 e. The first-order valence-corrected chi connectivity index (χ1v) is 5.74. The van der Waals surface area contributed by atoms with Crippen molar-refractivity contribution in [2.75, 3.05) is 5.32 Å². The van der Waals surface area contributed by atoms with Crippen LogP contribution >= 0.6 is 12.2 Å². The summed E-state index contributed by atoms with van der Waals surface area (Å²) in [7, 11) is 0. The molecule has 20 heavy (non-hydrogen) atoms. The third-order valence-corrected chi connectivity index (χ3v) is 2.69. The number of alkyl halides is 3. The van der Waals surface area contributed by atoms with E-state index in [0.29, 0.717) is 5.56 Å². The maximum atomic E-state index is 12.7. The van der Waals surface area contributed by atoms with Crippen LogP contribution in [0.2, 0.25) is 0 Å². The van der Waals surface area contributed by atoms with Crippen LogP contribution in [0.4, 0.5) is 18.9 Å². The first kappa shape index (κ1) is 15.9. The summed E-state index contributed by atoms with van der Waals surface area (Å²) in [6.07, 6.45) is -4.50. The van der Waals surface area contributed by atoms with E-state index in [1.165, 1.54) is 13.0 Å². The van der Waals surface area contributed by atoms with Crippen LogP contribution < -0.4 is 11.1 Å². The normalized spacial score (nSPS) is 12.3. The second kappa shape index (κ2) is 5.88. The highest BCUT2D eigenvalue weighted by Gasteiger charge is 2.31. The Morgan fingerprint density at radius 1 is 1.45 bits per heavy atom. The van der Waals surface area contributed by atoms with Gasteiger partial charge in [0.1, 0.15) is 4.99 Å². The van der Waals surface area contributed by atoms with Gasteiger partial charge in [-0.15, -0.1) is 0 Å². The third-order valence-electron chi connectivity index (χ3n) is 2.35. The van der Waals surface area contributed by atoms with Crippen molar-refractivity contribution in [3.05, 3.63) is 29.3 Å². The Morgan fingerprint density at radius 3 is 2.50 bits per heavy atom. The second-order valence-electron chi connectivity index (χ2n) is 4.04. The number of amides is 1.